The summed E-state index contributed by atoms with van der Waals surface area (Å²) in [7, 11) is 1.21. The minimum Gasteiger partial charge on any atom is -0.453 e. The van der Waals surface area contributed by atoms with Crippen molar-refractivity contribution in [3.8, 4) is 0 Å². The number of amides is 2. The minimum absolute atomic E-state index is 0.0159. The van der Waals surface area contributed by atoms with Crippen LogP contribution in [0.2, 0.25) is 0 Å². The first-order chi connectivity index (χ1) is 7.67. The van der Waals surface area contributed by atoms with Crippen molar-refractivity contribution < 1.29 is 19.4 Å². The average molecular weight is 230 g/mol. The fourth-order valence-electron chi connectivity index (χ4n) is 1.66. The van der Waals surface area contributed by atoms with Crippen molar-refractivity contribution in [1.82, 2.24) is 10.2 Å². The molecule has 1 fully saturated rings. The minimum atomic E-state index is -0.748. The van der Waals surface area contributed by atoms with E-state index in [1.807, 2.05) is 4.90 Å². The van der Waals surface area contributed by atoms with Crippen molar-refractivity contribution in [2.45, 2.75) is 25.3 Å². The predicted octanol–water partition coefficient (Wildman–Crippen LogP) is -0.284. The average Bonchev–Trinajstić information content (AvgIpc) is 2.15. The van der Waals surface area contributed by atoms with Crippen LogP contribution in [0, 0.1) is 0 Å². The molecule has 0 spiro atoms. The number of aliphatic hydroxyl groups excluding tert-OH is 1. The maximum atomic E-state index is 11.4. The number of imide groups is 1. The van der Waals surface area contributed by atoms with Crippen LogP contribution in [-0.4, -0.2) is 54.9 Å². The second-order valence-corrected chi connectivity index (χ2v) is 3.82. The van der Waals surface area contributed by atoms with Crippen LogP contribution < -0.4 is 5.32 Å². The van der Waals surface area contributed by atoms with E-state index in [-0.39, 0.29) is 13.2 Å². The first kappa shape index (κ1) is 12.9. The highest BCUT2D eigenvalue weighted by molar-refractivity contribution is 5.92. The van der Waals surface area contributed by atoms with Crippen LogP contribution in [0.25, 0.3) is 0 Å². The lowest BCUT2D eigenvalue weighted by atomic mass is 9.91. The van der Waals surface area contributed by atoms with E-state index in [1.165, 1.54) is 7.11 Å². The van der Waals surface area contributed by atoms with Crippen molar-refractivity contribution in [1.29, 1.82) is 0 Å². The second-order valence-electron chi connectivity index (χ2n) is 3.82. The Hall–Kier alpha value is -1.14. The van der Waals surface area contributed by atoms with Crippen molar-refractivity contribution in [3.05, 3.63) is 0 Å². The number of hydrogen-bond acceptors (Lipinski definition) is 5. The zero-order valence-corrected chi connectivity index (χ0v) is 9.44. The van der Waals surface area contributed by atoms with Gasteiger partial charge in [-0.3, -0.25) is 15.0 Å². The summed E-state index contributed by atoms with van der Waals surface area (Å²) in [6.45, 7) is 0.599. The Balaban J connectivity index is 2.35. The van der Waals surface area contributed by atoms with Crippen LogP contribution in [0.4, 0.5) is 4.79 Å². The molecule has 6 nitrogen and oxygen atoms in total. The molecule has 92 valence electrons. The Morgan fingerprint density at radius 1 is 1.50 bits per heavy atom. The van der Waals surface area contributed by atoms with E-state index in [1.54, 1.807) is 0 Å². The summed E-state index contributed by atoms with van der Waals surface area (Å²) in [5.41, 5.74) is 0. The first-order valence-electron chi connectivity index (χ1n) is 5.40. The summed E-state index contributed by atoms with van der Waals surface area (Å²) >= 11 is 0. The maximum Gasteiger partial charge on any atom is 0.413 e. The van der Waals surface area contributed by atoms with Gasteiger partial charge in [-0.25, -0.2) is 4.79 Å². The number of carbonyl (C=O) groups is 2. The molecule has 0 atom stereocenters. The molecular formula is C10H18N2O4. The van der Waals surface area contributed by atoms with Gasteiger partial charge in [-0.1, -0.05) is 6.42 Å². The molecule has 0 heterocycles. The fraction of sp³-hybridized carbons (Fsp3) is 0.800. The van der Waals surface area contributed by atoms with E-state index in [0.717, 1.165) is 19.3 Å². The fourth-order valence-corrected chi connectivity index (χ4v) is 1.66. The maximum absolute atomic E-state index is 11.4. The smallest absolute Gasteiger partial charge is 0.413 e. The van der Waals surface area contributed by atoms with E-state index in [4.69, 9.17) is 5.11 Å². The Kier molecular flexibility index (Phi) is 5.21. The molecule has 1 aliphatic rings. The van der Waals surface area contributed by atoms with Crippen molar-refractivity contribution >= 4 is 12.0 Å². The summed E-state index contributed by atoms with van der Waals surface area (Å²) in [4.78, 5) is 24.1. The molecule has 16 heavy (non-hydrogen) atoms. The van der Waals surface area contributed by atoms with Crippen LogP contribution in [0.1, 0.15) is 19.3 Å². The van der Waals surface area contributed by atoms with Crippen LogP contribution >= 0.6 is 0 Å². The molecule has 0 bridgehead atoms. The quantitative estimate of drug-likeness (QED) is 0.679. The van der Waals surface area contributed by atoms with Gasteiger partial charge < -0.3 is 9.84 Å². The van der Waals surface area contributed by atoms with Crippen LogP contribution in [0.15, 0.2) is 0 Å². The van der Waals surface area contributed by atoms with Crippen molar-refractivity contribution in [2.24, 2.45) is 0 Å². The molecule has 0 aromatic heterocycles. The number of nitrogens with zero attached hydrogens (tertiary/aromatic N) is 1. The molecule has 0 radical (unpaired) electrons. The van der Waals surface area contributed by atoms with Gasteiger partial charge in [-0.05, 0) is 12.8 Å². The lowest BCUT2D eigenvalue weighted by Gasteiger charge is -2.36. The van der Waals surface area contributed by atoms with Crippen molar-refractivity contribution in [2.75, 3.05) is 26.8 Å². The van der Waals surface area contributed by atoms with E-state index < -0.39 is 12.0 Å². The number of ether oxygens (including phenoxy) is 1. The van der Waals surface area contributed by atoms with Gasteiger partial charge in [0.05, 0.1) is 20.3 Å². The van der Waals surface area contributed by atoms with Crippen LogP contribution in [0.3, 0.4) is 0 Å². The van der Waals surface area contributed by atoms with Crippen LogP contribution in [0.5, 0.6) is 0 Å². The third-order valence-corrected chi connectivity index (χ3v) is 2.75. The highest BCUT2D eigenvalue weighted by Gasteiger charge is 2.26. The molecule has 0 saturated heterocycles. The van der Waals surface area contributed by atoms with Gasteiger partial charge in [0.2, 0.25) is 5.91 Å². The lowest BCUT2D eigenvalue weighted by Crippen LogP contribution is -2.48. The number of aliphatic hydroxyl groups is 1. The number of alkyl carbamates (subject to hydrolysis) is 1. The van der Waals surface area contributed by atoms with Gasteiger partial charge in [0.1, 0.15) is 0 Å². The summed E-state index contributed by atoms with van der Waals surface area (Å²) in [5, 5.41) is 11.0. The topological polar surface area (TPSA) is 78.9 Å². The Morgan fingerprint density at radius 2 is 2.19 bits per heavy atom. The summed E-state index contributed by atoms with van der Waals surface area (Å²) < 4.78 is 4.32. The van der Waals surface area contributed by atoms with E-state index >= 15 is 0 Å². The van der Waals surface area contributed by atoms with Gasteiger partial charge in [0, 0.05) is 12.6 Å². The summed E-state index contributed by atoms with van der Waals surface area (Å²) in [6, 6.07) is 0.357. The number of methoxy groups -OCH3 is 1. The van der Waals surface area contributed by atoms with Gasteiger partial charge in [0.25, 0.3) is 0 Å². The Bertz CT molecular complexity index is 253. The van der Waals surface area contributed by atoms with E-state index in [2.05, 4.69) is 10.1 Å². The summed E-state index contributed by atoms with van der Waals surface area (Å²) in [5.74, 6) is -0.396. The number of rotatable bonds is 5. The molecule has 0 aromatic rings. The van der Waals surface area contributed by atoms with Gasteiger partial charge in [-0.2, -0.15) is 0 Å². The number of hydrogen-bond donors (Lipinski definition) is 2. The normalized spacial score (nSPS) is 15.7. The molecule has 2 N–H and O–H groups in total. The lowest BCUT2D eigenvalue weighted by molar-refractivity contribution is -0.122. The highest BCUT2D eigenvalue weighted by Crippen LogP contribution is 2.24. The van der Waals surface area contributed by atoms with Gasteiger partial charge in [-0.15, -0.1) is 0 Å². The second kappa shape index (κ2) is 6.44. The molecule has 6 heteroatoms. The molecule has 0 aromatic carbocycles. The predicted molar refractivity (Wildman–Crippen MR) is 56.8 cm³/mol. The molecule has 1 rings (SSSR count). The van der Waals surface area contributed by atoms with E-state index in [0.29, 0.717) is 12.6 Å². The monoisotopic (exact) mass is 230 g/mol. The van der Waals surface area contributed by atoms with E-state index in [9.17, 15) is 9.59 Å². The molecule has 0 aliphatic heterocycles. The Labute approximate surface area is 94.6 Å². The SMILES string of the molecule is COC(=O)NC(=O)CN(CCO)C1CCC1. The molecule has 2 amide bonds. The molecular weight excluding hydrogens is 212 g/mol. The van der Waals surface area contributed by atoms with Crippen LogP contribution in [-0.2, 0) is 9.53 Å². The Morgan fingerprint density at radius 3 is 2.62 bits per heavy atom. The molecule has 1 saturated carbocycles. The third kappa shape index (κ3) is 3.79. The van der Waals surface area contributed by atoms with Gasteiger partial charge >= 0.3 is 6.09 Å². The zero-order chi connectivity index (χ0) is 12.0. The largest absolute Gasteiger partial charge is 0.453 e. The molecule has 1 aliphatic carbocycles. The van der Waals surface area contributed by atoms with Gasteiger partial charge in [0.15, 0.2) is 0 Å². The third-order valence-electron chi connectivity index (χ3n) is 2.75. The number of nitrogens with one attached hydrogen (secondary N) is 1. The highest BCUT2D eigenvalue weighted by atomic mass is 16.5. The number of carbonyl (C=O) groups excluding carboxylic acids is 2. The zero-order valence-electron chi connectivity index (χ0n) is 9.44. The molecule has 0 unspecified atom stereocenters. The standard InChI is InChI=1S/C10H18N2O4/c1-16-10(15)11-9(14)7-12(5-6-13)8-3-2-4-8/h8,13H,2-7H2,1H3,(H,11,14,15). The first-order valence-corrected chi connectivity index (χ1v) is 5.40. The van der Waals surface area contributed by atoms with Crippen molar-refractivity contribution in [3.63, 3.8) is 0 Å². The summed E-state index contributed by atoms with van der Waals surface area (Å²) in [6.07, 6.45) is 2.50.